The minimum Gasteiger partial charge on any atom is -0.493 e. The van der Waals surface area contributed by atoms with E-state index < -0.39 is 0 Å². The van der Waals surface area contributed by atoms with E-state index in [1.54, 1.807) is 26.5 Å². The Kier molecular flexibility index (Phi) is 5.89. The normalized spacial score (nSPS) is 12.9. The summed E-state index contributed by atoms with van der Waals surface area (Å²) in [5.74, 6) is 2.71. The first-order valence-electron chi connectivity index (χ1n) is 9.39. The predicted octanol–water partition coefficient (Wildman–Crippen LogP) is 4.54. The number of rotatable bonds is 7. The highest BCUT2D eigenvalue weighted by molar-refractivity contribution is 6.32. The zero-order valence-corrected chi connectivity index (χ0v) is 17.7. The number of ether oxygens (including phenoxy) is 2. The average molecular weight is 427 g/mol. The molecule has 30 heavy (non-hydrogen) atoms. The van der Waals surface area contributed by atoms with Crippen LogP contribution >= 0.6 is 11.6 Å². The van der Waals surface area contributed by atoms with E-state index in [1.807, 2.05) is 42.4 Å². The van der Waals surface area contributed by atoms with Crippen LogP contribution in [0.2, 0.25) is 5.02 Å². The van der Waals surface area contributed by atoms with Gasteiger partial charge in [-0.1, -0.05) is 17.7 Å². The number of hydrogen-bond acceptors (Lipinski definition) is 8. The standard InChI is InChI=1S/C21H23ClN6O2/c1-28-11-14-17(24-16-6-4-5-15(22)20(16)30-3)10-19(26-21(14)27-28)25-18-9-13(12-29-2)7-8-23-18/h4-10H,11-12H2,1-3H3,(H3,23,24,25,26,27). The first kappa shape index (κ1) is 20.2. The number of methoxy groups -OCH3 is 2. The molecule has 3 N–H and O–H groups in total. The number of pyridine rings is 2. The Morgan fingerprint density at radius 3 is 2.80 bits per heavy atom. The third-order valence-electron chi connectivity index (χ3n) is 4.65. The van der Waals surface area contributed by atoms with E-state index in [0.29, 0.717) is 35.6 Å². The minimum atomic E-state index is 0.516. The molecule has 156 valence electrons. The second-order valence-corrected chi connectivity index (χ2v) is 7.31. The van der Waals surface area contributed by atoms with Gasteiger partial charge in [0.15, 0.2) is 5.75 Å². The SMILES string of the molecule is COCc1ccnc(Nc2cc(Nc3cccc(Cl)c3OC)c3c(n2)NN(C)C3)c1. The van der Waals surface area contributed by atoms with Gasteiger partial charge in [-0.05, 0) is 29.8 Å². The number of halogens is 1. The van der Waals surface area contributed by atoms with Crippen LogP contribution in [0.1, 0.15) is 11.1 Å². The van der Waals surface area contributed by atoms with Crippen molar-refractivity contribution in [2.45, 2.75) is 13.2 Å². The molecule has 0 radical (unpaired) electrons. The molecular formula is C21H23ClN6O2. The fourth-order valence-corrected chi connectivity index (χ4v) is 3.60. The summed E-state index contributed by atoms with van der Waals surface area (Å²) in [5, 5.41) is 9.24. The molecule has 2 aromatic heterocycles. The number of anilines is 5. The van der Waals surface area contributed by atoms with Gasteiger partial charge in [0.1, 0.15) is 17.5 Å². The van der Waals surface area contributed by atoms with E-state index in [1.165, 1.54) is 0 Å². The molecule has 0 amide bonds. The molecule has 3 heterocycles. The molecule has 1 aliphatic rings. The van der Waals surface area contributed by atoms with Gasteiger partial charge in [0, 0.05) is 38.5 Å². The maximum Gasteiger partial charge on any atom is 0.160 e. The molecule has 0 unspecified atom stereocenters. The molecular weight excluding hydrogens is 404 g/mol. The van der Waals surface area contributed by atoms with Gasteiger partial charge in [-0.25, -0.2) is 15.0 Å². The summed E-state index contributed by atoms with van der Waals surface area (Å²) in [5.41, 5.74) is 7.01. The van der Waals surface area contributed by atoms with Crippen molar-refractivity contribution in [3.63, 3.8) is 0 Å². The molecule has 0 atom stereocenters. The van der Waals surface area contributed by atoms with Crippen LogP contribution in [-0.2, 0) is 17.9 Å². The molecule has 1 aliphatic heterocycles. The van der Waals surface area contributed by atoms with Gasteiger partial charge in [0.2, 0.25) is 0 Å². The monoisotopic (exact) mass is 426 g/mol. The van der Waals surface area contributed by atoms with Crippen LogP contribution in [0.3, 0.4) is 0 Å². The Bertz CT molecular complexity index is 1060. The summed E-state index contributed by atoms with van der Waals surface area (Å²) in [7, 11) is 5.23. The smallest absolute Gasteiger partial charge is 0.160 e. The quantitative estimate of drug-likeness (QED) is 0.507. The topological polar surface area (TPSA) is 83.6 Å². The molecule has 4 rings (SSSR count). The highest BCUT2D eigenvalue weighted by Gasteiger charge is 2.22. The van der Waals surface area contributed by atoms with Crippen molar-refractivity contribution >= 4 is 40.4 Å². The number of nitrogens with one attached hydrogen (secondary N) is 3. The largest absolute Gasteiger partial charge is 0.493 e. The van der Waals surface area contributed by atoms with Gasteiger partial charge < -0.3 is 25.5 Å². The number of nitrogens with zero attached hydrogens (tertiary/aromatic N) is 3. The average Bonchev–Trinajstić information content (AvgIpc) is 3.09. The number of hydrogen-bond donors (Lipinski definition) is 3. The Hall–Kier alpha value is -3.07. The molecule has 9 heteroatoms. The number of para-hydroxylation sites is 1. The lowest BCUT2D eigenvalue weighted by atomic mass is 10.2. The zero-order chi connectivity index (χ0) is 21.1. The Morgan fingerprint density at radius 2 is 2.00 bits per heavy atom. The lowest BCUT2D eigenvalue weighted by Gasteiger charge is -2.16. The van der Waals surface area contributed by atoms with Crippen LogP contribution in [-0.4, -0.2) is 36.2 Å². The van der Waals surface area contributed by atoms with Crippen molar-refractivity contribution in [2.24, 2.45) is 0 Å². The Morgan fingerprint density at radius 1 is 1.13 bits per heavy atom. The number of benzene rings is 1. The van der Waals surface area contributed by atoms with E-state index >= 15 is 0 Å². The highest BCUT2D eigenvalue weighted by Crippen LogP contribution is 2.38. The molecule has 0 bridgehead atoms. The number of hydrazine groups is 1. The summed E-state index contributed by atoms with van der Waals surface area (Å²) in [6, 6.07) is 11.4. The highest BCUT2D eigenvalue weighted by atomic mass is 35.5. The zero-order valence-electron chi connectivity index (χ0n) is 17.0. The third kappa shape index (κ3) is 4.25. The Labute approximate surface area is 180 Å². The summed E-state index contributed by atoms with van der Waals surface area (Å²) >= 11 is 6.29. The molecule has 0 aliphatic carbocycles. The van der Waals surface area contributed by atoms with Crippen LogP contribution in [0.4, 0.5) is 28.8 Å². The number of aromatic nitrogens is 2. The fraction of sp³-hybridized carbons (Fsp3) is 0.238. The lowest BCUT2D eigenvalue weighted by Crippen LogP contribution is -2.17. The van der Waals surface area contributed by atoms with E-state index in [2.05, 4.69) is 21.0 Å². The molecule has 0 saturated carbocycles. The predicted molar refractivity (Wildman–Crippen MR) is 119 cm³/mol. The van der Waals surface area contributed by atoms with Crippen LogP contribution < -0.4 is 20.8 Å². The van der Waals surface area contributed by atoms with Gasteiger partial charge in [0.05, 0.1) is 30.1 Å². The van der Waals surface area contributed by atoms with Gasteiger partial charge in [-0.15, -0.1) is 0 Å². The maximum absolute atomic E-state index is 6.29. The molecule has 0 spiro atoms. The van der Waals surface area contributed by atoms with Gasteiger partial charge >= 0.3 is 0 Å². The molecule has 3 aromatic rings. The van der Waals surface area contributed by atoms with E-state index in [-0.39, 0.29) is 0 Å². The van der Waals surface area contributed by atoms with Crippen molar-refractivity contribution in [3.05, 3.63) is 58.7 Å². The van der Waals surface area contributed by atoms with Crippen LogP contribution in [0.5, 0.6) is 5.75 Å². The van der Waals surface area contributed by atoms with Crippen molar-refractivity contribution in [1.29, 1.82) is 0 Å². The Balaban J connectivity index is 1.69. The molecule has 0 saturated heterocycles. The van der Waals surface area contributed by atoms with Crippen LogP contribution in [0, 0.1) is 0 Å². The van der Waals surface area contributed by atoms with Crippen molar-refractivity contribution in [2.75, 3.05) is 37.3 Å². The summed E-state index contributed by atoms with van der Waals surface area (Å²) in [4.78, 5) is 9.09. The van der Waals surface area contributed by atoms with Gasteiger partial charge in [-0.2, -0.15) is 0 Å². The molecule has 0 fully saturated rings. The van der Waals surface area contributed by atoms with Crippen LogP contribution in [0.25, 0.3) is 0 Å². The maximum atomic E-state index is 6.29. The van der Waals surface area contributed by atoms with Crippen molar-refractivity contribution in [1.82, 2.24) is 15.0 Å². The van der Waals surface area contributed by atoms with Crippen molar-refractivity contribution < 1.29 is 9.47 Å². The van der Waals surface area contributed by atoms with E-state index in [0.717, 1.165) is 28.3 Å². The summed E-state index contributed by atoms with van der Waals surface area (Å²) in [6.07, 6.45) is 1.74. The van der Waals surface area contributed by atoms with E-state index in [9.17, 15) is 0 Å². The van der Waals surface area contributed by atoms with Gasteiger partial charge in [0.25, 0.3) is 0 Å². The fourth-order valence-electron chi connectivity index (χ4n) is 3.35. The van der Waals surface area contributed by atoms with Crippen LogP contribution in [0.15, 0.2) is 42.6 Å². The summed E-state index contributed by atoms with van der Waals surface area (Å²) < 4.78 is 10.7. The minimum absolute atomic E-state index is 0.516. The van der Waals surface area contributed by atoms with E-state index in [4.69, 9.17) is 26.1 Å². The molecule has 8 nitrogen and oxygen atoms in total. The second-order valence-electron chi connectivity index (χ2n) is 6.90. The lowest BCUT2D eigenvalue weighted by molar-refractivity contribution is 0.185. The van der Waals surface area contributed by atoms with Crippen molar-refractivity contribution in [3.8, 4) is 5.75 Å². The first-order valence-corrected chi connectivity index (χ1v) is 9.77. The first-order chi connectivity index (χ1) is 14.6. The summed E-state index contributed by atoms with van der Waals surface area (Å²) in [6.45, 7) is 1.22. The molecule has 1 aromatic carbocycles. The van der Waals surface area contributed by atoms with Gasteiger partial charge in [-0.3, -0.25) is 0 Å². The number of fused-ring (bicyclic) bond motifs is 1. The second kappa shape index (κ2) is 8.74. The third-order valence-corrected chi connectivity index (χ3v) is 4.95.